The van der Waals surface area contributed by atoms with Crippen LogP contribution in [0.3, 0.4) is 0 Å². The predicted molar refractivity (Wildman–Crippen MR) is 42.1 cm³/mol. The second kappa shape index (κ2) is 3.94. The molecule has 2 nitrogen and oxygen atoms in total. The van der Waals surface area contributed by atoms with E-state index < -0.39 is 0 Å². The van der Waals surface area contributed by atoms with Crippen LogP contribution in [-0.2, 0) is 4.74 Å². The van der Waals surface area contributed by atoms with Crippen LogP contribution >= 0.6 is 0 Å². The highest BCUT2D eigenvalue weighted by Gasteiger charge is 2.20. The zero-order valence-corrected chi connectivity index (χ0v) is 6.97. The van der Waals surface area contributed by atoms with Gasteiger partial charge in [-0.25, -0.2) is 0 Å². The first-order chi connectivity index (χ1) is 4.86. The van der Waals surface area contributed by atoms with Gasteiger partial charge in [0.05, 0.1) is 6.10 Å². The minimum absolute atomic E-state index is 0.506. The summed E-state index contributed by atoms with van der Waals surface area (Å²) in [6.45, 7) is 5.83. The van der Waals surface area contributed by atoms with Crippen molar-refractivity contribution in [2.75, 3.05) is 26.7 Å². The molecule has 1 aliphatic rings. The van der Waals surface area contributed by atoms with Crippen LogP contribution in [0.5, 0.6) is 0 Å². The van der Waals surface area contributed by atoms with Gasteiger partial charge in [-0.15, -0.1) is 0 Å². The van der Waals surface area contributed by atoms with Crippen molar-refractivity contribution in [3.8, 4) is 0 Å². The number of hydrogen-bond acceptors (Lipinski definition) is 2. The maximum atomic E-state index is 5.25. The molecule has 10 heavy (non-hydrogen) atoms. The van der Waals surface area contributed by atoms with Crippen molar-refractivity contribution in [3.05, 3.63) is 0 Å². The van der Waals surface area contributed by atoms with Crippen LogP contribution < -0.4 is 0 Å². The maximum Gasteiger partial charge on any atom is 0.0710 e. The highest BCUT2D eigenvalue weighted by Crippen LogP contribution is 2.11. The van der Waals surface area contributed by atoms with Crippen LogP contribution in [0.2, 0.25) is 0 Å². The Morgan fingerprint density at radius 3 is 2.90 bits per heavy atom. The van der Waals surface area contributed by atoms with Gasteiger partial charge in [0.25, 0.3) is 0 Å². The fourth-order valence-corrected chi connectivity index (χ4v) is 1.51. The van der Waals surface area contributed by atoms with E-state index in [4.69, 9.17) is 4.74 Å². The molecule has 0 unspecified atom stereocenters. The first-order valence-electron chi connectivity index (χ1n) is 4.12. The largest absolute Gasteiger partial charge is 0.380 e. The van der Waals surface area contributed by atoms with Crippen LogP contribution in [-0.4, -0.2) is 37.7 Å². The quantitative estimate of drug-likeness (QED) is 0.587. The molecule has 0 saturated carbocycles. The highest BCUT2D eigenvalue weighted by molar-refractivity contribution is 4.74. The summed E-state index contributed by atoms with van der Waals surface area (Å²) in [4.78, 5) is 2.47. The van der Waals surface area contributed by atoms with Crippen LogP contribution in [0.4, 0.5) is 0 Å². The zero-order chi connectivity index (χ0) is 7.40. The lowest BCUT2D eigenvalue weighted by molar-refractivity contribution is 0.108. The van der Waals surface area contributed by atoms with Crippen molar-refractivity contribution in [1.82, 2.24) is 4.90 Å². The van der Waals surface area contributed by atoms with E-state index in [1.807, 2.05) is 0 Å². The van der Waals surface area contributed by atoms with E-state index in [9.17, 15) is 0 Å². The van der Waals surface area contributed by atoms with Crippen molar-refractivity contribution in [1.29, 1.82) is 0 Å². The van der Waals surface area contributed by atoms with Gasteiger partial charge in [0.15, 0.2) is 0 Å². The summed E-state index contributed by atoms with van der Waals surface area (Å²) in [5.41, 5.74) is 0. The Labute approximate surface area is 63.2 Å². The van der Waals surface area contributed by atoms with Crippen molar-refractivity contribution in [3.63, 3.8) is 0 Å². The zero-order valence-electron chi connectivity index (χ0n) is 6.97. The Morgan fingerprint density at radius 1 is 1.60 bits per heavy atom. The first-order valence-corrected chi connectivity index (χ1v) is 4.12. The van der Waals surface area contributed by atoms with Crippen molar-refractivity contribution < 1.29 is 4.74 Å². The Balaban J connectivity index is 2.15. The number of likely N-dealkylation sites (tertiary alicyclic amines) is 1. The third-order valence-electron chi connectivity index (χ3n) is 2.10. The predicted octanol–water partition coefficient (Wildman–Crippen LogP) is 1.12. The topological polar surface area (TPSA) is 12.5 Å². The minimum Gasteiger partial charge on any atom is -0.380 e. The molecule has 1 saturated heterocycles. The van der Waals surface area contributed by atoms with Gasteiger partial charge in [0, 0.05) is 20.2 Å². The Morgan fingerprint density at radius 2 is 2.40 bits per heavy atom. The fourth-order valence-electron chi connectivity index (χ4n) is 1.51. The summed E-state index contributed by atoms with van der Waals surface area (Å²) < 4.78 is 5.25. The van der Waals surface area contributed by atoms with E-state index in [1.165, 1.54) is 25.9 Å². The van der Waals surface area contributed by atoms with E-state index in [1.54, 1.807) is 7.11 Å². The lowest BCUT2D eigenvalue weighted by Crippen LogP contribution is -2.23. The summed E-state index contributed by atoms with van der Waals surface area (Å²) in [6, 6.07) is 0. The van der Waals surface area contributed by atoms with Gasteiger partial charge in [0.1, 0.15) is 0 Å². The van der Waals surface area contributed by atoms with Gasteiger partial charge in [-0.3, -0.25) is 0 Å². The number of rotatable bonds is 3. The van der Waals surface area contributed by atoms with E-state index in [0.717, 1.165) is 6.54 Å². The van der Waals surface area contributed by atoms with Crippen LogP contribution in [0.1, 0.15) is 19.8 Å². The van der Waals surface area contributed by atoms with E-state index in [2.05, 4.69) is 11.8 Å². The standard InChI is InChI=1S/C8H17NO/c1-3-5-9-6-4-8(7-9)10-2/h8H,3-7H2,1-2H3/t8-/m1/s1. The highest BCUT2D eigenvalue weighted by atomic mass is 16.5. The molecule has 0 N–H and O–H groups in total. The summed E-state index contributed by atoms with van der Waals surface area (Å²) in [6.07, 6.45) is 2.99. The molecule has 0 aromatic heterocycles. The van der Waals surface area contributed by atoms with Gasteiger partial charge >= 0.3 is 0 Å². The number of methoxy groups -OCH3 is 1. The van der Waals surface area contributed by atoms with Gasteiger partial charge < -0.3 is 9.64 Å². The molecule has 1 heterocycles. The van der Waals surface area contributed by atoms with Crippen molar-refractivity contribution in [2.45, 2.75) is 25.9 Å². The first kappa shape index (κ1) is 8.02. The smallest absolute Gasteiger partial charge is 0.0710 e. The summed E-state index contributed by atoms with van der Waals surface area (Å²) in [5.74, 6) is 0. The summed E-state index contributed by atoms with van der Waals surface area (Å²) in [5, 5.41) is 0. The molecule has 0 aliphatic carbocycles. The van der Waals surface area contributed by atoms with Crippen molar-refractivity contribution >= 4 is 0 Å². The third-order valence-corrected chi connectivity index (χ3v) is 2.10. The van der Waals surface area contributed by atoms with E-state index >= 15 is 0 Å². The molecule has 1 atom stereocenters. The molecule has 0 amide bonds. The maximum absolute atomic E-state index is 5.25. The average molecular weight is 143 g/mol. The molecule has 0 aromatic carbocycles. The molecule has 1 rings (SSSR count). The minimum atomic E-state index is 0.506. The normalized spacial score (nSPS) is 27.6. The van der Waals surface area contributed by atoms with E-state index in [-0.39, 0.29) is 0 Å². The molecule has 1 aliphatic heterocycles. The molecule has 2 heteroatoms. The molecule has 0 radical (unpaired) electrons. The monoisotopic (exact) mass is 143 g/mol. The molecule has 0 bridgehead atoms. The second-order valence-corrected chi connectivity index (χ2v) is 2.95. The second-order valence-electron chi connectivity index (χ2n) is 2.95. The van der Waals surface area contributed by atoms with Crippen LogP contribution in [0.25, 0.3) is 0 Å². The average Bonchev–Trinajstić information content (AvgIpc) is 2.37. The van der Waals surface area contributed by atoms with E-state index in [0.29, 0.717) is 6.10 Å². The van der Waals surface area contributed by atoms with Gasteiger partial charge in [-0.1, -0.05) is 6.92 Å². The lowest BCUT2D eigenvalue weighted by atomic mass is 10.3. The Kier molecular flexibility index (Phi) is 3.16. The van der Waals surface area contributed by atoms with Gasteiger partial charge in [-0.2, -0.15) is 0 Å². The molecule has 1 fully saturated rings. The van der Waals surface area contributed by atoms with Crippen molar-refractivity contribution in [2.24, 2.45) is 0 Å². The van der Waals surface area contributed by atoms with Gasteiger partial charge in [0.2, 0.25) is 0 Å². The summed E-state index contributed by atoms with van der Waals surface area (Å²) in [7, 11) is 1.81. The number of hydrogen-bond donors (Lipinski definition) is 0. The van der Waals surface area contributed by atoms with Crippen LogP contribution in [0, 0.1) is 0 Å². The lowest BCUT2D eigenvalue weighted by Gasteiger charge is -2.13. The van der Waals surface area contributed by atoms with Crippen LogP contribution in [0.15, 0.2) is 0 Å². The molecule has 0 spiro atoms. The SMILES string of the molecule is CCCN1CC[C@@H](OC)C1. The molecular weight excluding hydrogens is 126 g/mol. The fraction of sp³-hybridized carbons (Fsp3) is 1.00. The summed E-state index contributed by atoms with van der Waals surface area (Å²) >= 11 is 0. The number of nitrogens with zero attached hydrogens (tertiary/aromatic N) is 1. The Hall–Kier alpha value is -0.0800. The molecule has 0 aromatic rings. The molecular formula is C8H17NO. The van der Waals surface area contributed by atoms with Gasteiger partial charge in [-0.05, 0) is 19.4 Å². The number of ether oxygens (including phenoxy) is 1. The third kappa shape index (κ3) is 1.96. The Bertz CT molecular complexity index is 95.3. The molecule has 60 valence electrons.